The number of nitrogens with one attached hydrogen (secondary N) is 1. The van der Waals surface area contributed by atoms with Crippen LogP contribution in [0.4, 0.5) is 14.5 Å². The van der Waals surface area contributed by atoms with E-state index in [1.54, 1.807) is 0 Å². The molecule has 0 heterocycles. The summed E-state index contributed by atoms with van der Waals surface area (Å²) in [5, 5.41) is 2.42. The number of carbonyl (C=O) groups is 1. The Kier molecular flexibility index (Phi) is 4.47. The van der Waals surface area contributed by atoms with E-state index in [2.05, 4.69) is 21.2 Å². The molecule has 110 valence electrons. The minimum atomic E-state index is -0.765. The van der Waals surface area contributed by atoms with E-state index < -0.39 is 11.6 Å². The lowest BCUT2D eigenvalue weighted by Crippen LogP contribution is -2.37. The molecule has 1 aromatic carbocycles. The van der Waals surface area contributed by atoms with Crippen LogP contribution < -0.4 is 5.32 Å². The molecule has 1 unspecified atom stereocenters. The van der Waals surface area contributed by atoms with Gasteiger partial charge in [-0.1, -0.05) is 42.6 Å². The van der Waals surface area contributed by atoms with E-state index in [0.29, 0.717) is 4.47 Å². The van der Waals surface area contributed by atoms with Crippen LogP contribution in [0.3, 0.4) is 0 Å². The zero-order chi connectivity index (χ0) is 14.9. The molecule has 0 spiro atoms. The third kappa shape index (κ3) is 3.19. The monoisotopic (exact) mass is 345 g/mol. The van der Waals surface area contributed by atoms with Crippen LogP contribution in [0, 0.1) is 23.0 Å². The molecule has 0 bridgehead atoms. The summed E-state index contributed by atoms with van der Waals surface area (Å²) >= 11 is 3.02. The molecule has 1 atom stereocenters. The van der Waals surface area contributed by atoms with Crippen molar-refractivity contribution in [3.8, 4) is 0 Å². The third-order valence-electron chi connectivity index (χ3n) is 4.08. The minimum Gasteiger partial charge on any atom is -0.321 e. The fourth-order valence-electron chi connectivity index (χ4n) is 2.85. The minimum absolute atomic E-state index is 0.134. The molecule has 1 aliphatic rings. The third-order valence-corrected chi connectivity index (χ3v) is 4.54. The zero-order valence-electron chi connectivity index (χ0n) is 11.6. The second kappa shape index (κ2) is 5.80. The topological polar surface area (TPSA) is 29.1 Å². The maximum Gasteiger partial charge on any atom is 0.228 e. The van der Waals surface area contributed by atoms with Crippen LogP contribution in [0.25, 0.3) is 0 Å². The molecule has 0 saturated heterocycles. The molecule has 1 aromatic rings. The Bertz CT molecular complexity index is 508. The molecule has 1 fully saturated rings. The Morgan fingerprint density at radius 2 is 1.90 bits per heavy atom. The van der Waals surface area contributed by atoms with Crippen LogP contribution >= 0.6 is 15.9 Å². The van der Waals surface area contributed by atoms with E-state index in [1.807, 2.05) is 13.8 Å². The SMILES string of the molecule is CC1(C)CCCCC1C(=O)Nc1c(F)cc(Br)cc1F. The van der Waals surface area contributed by atoms with Gasteiger partial charge in [0.1, 0.15) is 5.69 Å². The summed E-state index contributed by atoms with van der Waals surface area (Å²) in [6.45, 7) is 4.06. The lowest BCUT2D eigenvalue weighted by atomic mass is 9.68. The van der Waals surface area contributed by atoms with Crippen molar-refractivity contribution < 1.29 is 13.6 Å². The number of hydrogen-bond acceptors (Lipinski definition) is 1. The number of halogens is 3. The van der Waals surface area contributed by atoms with E-state index in [4.69, 9.17) is 0 Å². The Labute approximate surface area is 126 Å². The van der Waals surface area contributed by atoms with Crippen molar-refractivity contribution in [2.75, 3.05) is 5.32 Å². The van der Waals surface area contributed by atoms with Gasteiger partial charge < -0.3 is 5.32 Å². The molecule has 0 aliphatic heterocycles. The number of carbonyl (C=O) groups excluding carboxylic acids is 1. The number of amides is 1. The van der Waals surface area contributed by atoms with Crippen LogP contribution in [0.5, 0.6) is 0 Å². The molecule has 1 N–H and O–H groups in total. The molecule has 2 rings (SSSR count). The highest BCUT2D eigenvalue weighted by Crippen LogP contribution is 2.41. The summed E-state index contributed by atoms with van der Waals surface area (Å²) in [5.41, 5.74) is -0.496. The maximum atomic E-state index is 13.7. The van der Waals surface area contributed by atoms with Crippen molar-refractivity contribution in [2.24, 2.45) is 11.3 Å². The summed E-state index contributed by atoms with van der Waals surface area (Å²) in [4.78, 5) is 12.3. The van der Waals surface area contributed by atoms with E-state index in [1.165, 1.54) is 0 Å². The van der Waals surface area contributed by atoms with Gasteiger partial charge in [0.15, 0.2) is 11.6 Å². The second-order valence-corrected chi connectivity index (χ2v) is 6.94. The second-order valence-electron chi connectivity index (χ2n) is 6.02. The molecule has 1 amide bonds. The Morgan fingerprint density at radius 1 is 1.30 bits per heavy atom. The molecule has 0 aromatic heterocycles. The van der Waals surface area contributed by atoms with Crippen molar-refractivity contribution >= 4 is 27.5 Å². The first-order chi connectivity index (χ1) is 9.31. The van der Waals surface area contributed by atoms with E-state index in [0.717, 1.165) is 37.8 Å². The molecule has 0 radical (unpaired) electrons. The lowest BCUT2D eigenvalue weighted by Gasteiger charge is -2.37. The highest BCUT2D eigenvalue weighted by Gasteiger charge is 2.37. The van der Waals surface area contributed by atoms with Crippen LogP contribution in [0.1, 0.15) is 39.5 Å². The first-order valence-electron chi connectivity index (χ1n) is 6.76. The van der Waals surface area contributed by atoms with Crippen LogP contribution in [-0.4, -0.2) is 5.91 Å². The standard InChI is InChI=1S/C15H18BrF2NO/c1-15(2)6-4-3-5-10(15)14(20)19-13-11(17)7-9(16)8-12(13)18/h7-8,10H,3-6H2,1-2H3,(H,19,20). The first kappa shape index (κ1) is 15.4. The lowest BCUT2D eigenvalue weighted by molar-refractivity contribution is -0.124. The van der Waals surface area contributed by atoms with E-state index in [9.17, 15) is 13.6 Å². The van der Waals surface area contributed by atoms with Crippen molar-refractivity contribution in [1.82, 2.24) is 0 Å². The first-order valence-corrected chi connectivity index (χ1v) is 7.56. The van der Waals surface area contributed by atoms with Gasteiger partial charge in [-0.3, -0.25) is 4.79 Å². The molecule has 20 heavy (non-hydrogen) atoms. The zero-order valence-corrected chi connectivity index (χ0v) is 13.2. The number of benzene rings is 1. The summed E-state index contributed by atoms with van der Waals surface area (Å²) in [7, 11) is 0. The van der Waals surface area contributed by atoms with Gasteiger partial charge in [-0.15, -0.1) is 0 Å². The average Bonchev–Trinajstić information content (AvgIpc) is 2.32. The normalized spacial score (nSPS) is 21.6. The molecule has 2 nitrogen and oxygen atoms in total. The van der Waals surface area contributed by atoms with Gasteiger partial charge in [-0.25, -0.2) is 8.78 Å². The summed E-state index contributed by atoms with van der Waals surface area (Å²) in [5.74, 6) is -2.04. The molecule has 1 aliphatic carbocycles. The quantitative estimate of drug-likeness (QED) is 0.812. The smallest absolute Gasteiger partial charge is 0.228 e. The van der Waals surface area contributed by atoms with Gasteiger partial charge >= 0.3 is 0 Å². The van der Waals surface area contributed by atoms with Gasteiger partial charge in [0.05, 0.1) is 0 Å². The summed E-state index contributed by atoms with van der Waals surface area (Å²) in [6, 6.07) is 2.29. The fourth-order valence-corrected chi connectivity index (χ4v) is 3.25. The molecule has 5 heteroatoms. The van der Waals surface area contributed by atoms with Crippen LogP contribution in [0.15, 0.2) is 16.6 Å². The average molecular weight is 346 g/mol. The van der Waals surface area contributed by atoms with Crippen LogP contribution in [-0.2, 0) is 4.79 Å². The van der Waals surface area contributed by atoms with Crippen molar-refractivity contribution in [3.05, 3.63) is 28.2 Å². The van der Waals surface area contributed by atoms with Gasteiger partial charge in [0, 0.05) is 10.4 Å². The van der Waals surface area contributed by atoms with Crippen molar-refractivity contribution in [3.63, 3.8) is 0 Å². The molecular formula is C15H18BrF2NO. The highest BCUT2D eigenvalue weighted by atomic mass is 79.9. The van der Waals surface area contributed by atoms with Gasteiger partial charge in [-0.2, -0.15) is 0 Å². The van der Waals surface area contributed by atoms with Crippen molar-refractivity contribution in [2.45, 2.75) is 39.5 Å². The number of anilines is 1. The Hall–Kier alpha value is -0.970. The van der Waals surface area contributed by atoms with Crippen molar-refractivity contribution in [1.29, 1.82) is 0 Å². The van der Waals surface area contributed by atoms with Gasteiger partial charge in [0.25, 0.3) is 0 Å². The predicted octanol–water partition coefficient (Wildman–Crippen LogP) is 4.88. The van der Waals surface area contributed by atoms with E-state index in [-0.39, 0.29) is 22.9 Å². The summed E-state index contributed by atoms with van der Waals surface area (Å²) in [6.07, 6.45) is 3.79. The number of hydrogen-bond donors (Lipinski definition) is 1. The van der Waals surface area contributed by atoms with Gasteiger partial charge in [-0.05, 0) is 30.4 Å². The molecular weight excluding hydrogens is 328 g/mol. The van der Waals surface area contributed by atoms with Gasteiger partial charge in [0.2, 0.25) is 5.91 Å². The van der Waals surface area contributed by atoms with Crippen LogP contribution in [0.2, 0.25) is 0 Å². The summed E-state index contributed by atoms with van der Waals surface area (Å²) < 4.78 is 27.8. The fraction of sp³-hybridized carbons (Fsp3) is 0.533. The molecule has 1 saturated carbocycles. The predicted molar refractivity (Wildman–Crippen MR) is 78.4 cm³/mol. The largest absolute Gasteiger partial charge is 0.321 e. The Morgan fingerprint density at radius 3 is 2.45 bits per heavy atom. The maximum absolute atomic E-state index is 13.7. The van der Waals surface area contributed by atoms with E-state index >= 15 is 0 Å². The Balaban J connectivity index is 2.20. The number of rotatable bonds is 2. The highest BCUT2D eigenvalue weighted by molar-refractivity contribution is 9.10.